The highest BCUT2D eigenvalue weighted by Crippen LogP contribution is 2.32. The topological polar surface area (TPSA) is 83.9 Å². The van der Waals surface area contributed by atoms with Gasteiger partial charge in [-0.25, -0.2) is 4.79 Å². The molecule has 162 valence electrons. The van der Waals surface area contributed by atoms with E-state index in [0.717, 1.165) is 50.5 Å². The van der Waals surface area contributed by atoms with Crippen molar-refractivity contribution in [2.45, 2.75) is 51.4 Å². The van der Waals surface area contributed by atoms with E-state index in [1.807, 2.05) is 0 Å². The lowest BCUT2D eigenvalue weighted by atomic mass is 10.1. The minimum Gasteiger partial charge on any atom is -0.481 e. The van der Waals surface area contributed by atoms with Gasteiger partial charge in [0.25, 0.3) is 5.91 Å². The van der Waals surface area contributed by atoms with Crippen molar-refractivity contribution in [3.63, 3.8) is 0 Å². The van der Waals surface area contributed by atoms with Gasteiger partial charge in [0.2, 0.25) is 0 Å². The molecular weight excluding hydrogens is 422 g/mol. The zero-order valence-electron chi connectivity index (χ0n) is 17.1. The molecule has 1 amide bonds. The number of amides is 1. The van der Waals surface area contributed by atoms with E-state index in [-0.39, 0.29) is 12.3 Å². The third kappa shape index (κ3) is 7.57. The molecule has 0 bridgehead atoms. The smallest absolute Gasteiger partial charge is 0.337 e. The van der Waals surface area contributed by atoms with E-state index in [2.05, 4.69) is 4.74 Å². The summed E-state index contributed by atoms with van der Waals surface area (Å²) < 4.78 is 5.26. The maximum Gasteiger partial charge on any atom is 0.337 e. The molecule has 1 aromatic carbocycles. The fourth-order valence-corrected chi connectivity index (χ4v) is 4.42. The fraction of sp³-hybridized carbons (Fsp3) is 0.455. The summed E-state index contributed by atoms with van der Waals surface area (Å²) in [5, 5.41) is 8.61. The van der Waals surface area contributed by atoms with Crippen molar-refractivity contribution in [3.8, 4) is 0 Å². The zero-order chi connectivity index (χ0) is 21.9. The van der Waals surface area contributed by atoms with Gasteiger partial charge < -0.3 is 9.84 Å². The second kappa shape index (κ2) is 12.5. The van der Waals surface area contributed by atoms with Crippen LogP contribution in [0.2, 0.25) is 0 Å². The fourth-order valence-electron chi connectivity index (χ4n) is 3.11. The number of benzene rings is 1. The molecule has 1 N–H and O–H groups in total. The molecule has 6 nitrogen and oxygen atoms in total. The molecule has 1 aliphatic rings. The largest absolute Gasteiger partial charge is 0.481 e. The highest BCUT2D eigenvalue weighted by Gasteiger charge is 2.31. The van der Waals surface area contributed by atoms with Gasteiger partial charge in [0.15, 0.2) is 0 Å². The lowest BCUT2D eigenvalue weighted by molar-refractivity contribution is -0.137. The third-order valence-electron chi connectivity index (χ3n) is 4.78. The van der Waals surface area contributed by atoms with Gasteiger partial charge in [-0.15, -0.1) is 0 Å². The van der Waals surface area contributed by atoms with Gasteiger partial charge in [-0.2, -0.15) is 0 Å². The standard InChI is InChI=1S/C22H27NO5S2/c1-28-21(27)17-12-10-16(11-13-17)15-18-20(26)23(22(29)30-18)14-8-6-4-2-3-5-7-9-19(24)25/h10-13,15H,2-9,14H2,1H3,(H,24,25)/b18-15-. The predicted octanol–water partition coefficient (Wildman–Crippen LogP) is 4.88. The molecule has 8 heteroatoms. The van der Waals surface area contributed by atoms with Gasteiger partial charge >= 0.3 is 11.9 Å². The molecule has 0 saturated carbocycles. The van der Waals surface area contributed by atoms with Crippen LogP contribution in [0.25, 0.3) is 6.08 Å². The molecule has 0 radical (unpaired) electrons. The number of thioether (sulfide) groups is 1. The van der Waals surface area contributed by atoms with Crippen molar-refractivity contribution >= 4 is 52.2 Å². The number of carboxylic acid groups (broad SMARTS) is 1. The maximum absolute atomic E-state index is 12.7. The van der Waals surface area contributed by atoms with E-state index in [9.17, 15) is 14.4 Å². The molecule has 1 heterocycles. The molecule has 0 atom stereocenters. The molecule has 1 fully saturated rings. The summed E-state index contributed by atoms with van der Waals surface area (Å²) in [4.78, 5) is 36.9. The first kappa shape index (κ1) is 24.1. The number of thiocarbonyl (C=S) groups is 1. The summed E-state index contributed by atoms with van der Waals surface area (Å²) >= 11 is 6.67. The second-order valence-corrected chi connectivity index (χ2v) is 8.74. The average molecular weight is 450 g/mol. The van der Waals surface area contributed by atoms with Crippen LogP contribution in [-0.2, 0) is 14.3 Å². The number of carboxylic acids is 1. The van der Waals surface area contributed by atoms with Crippen molar-refractivity contribution in [1.29, 1.82) is 0 Å². The van der Waals surface area contributed by atoms with E-state index in [1.165, 1.54) is 18.9 Å². The van der Waals surface area contributed by atoms with Gasteiger partial charge in [0, 0.05) is 13.0 Å². The van der Waals surface area contributed by atoms with Crippen LogP contribution in [0, 0.1) is 0 Å². The van der Waals surface area contributed by atoms with E-state index < -0.39 is 11.9 Å². The lowest BCUT2D eigenvalue weighted by Crippen LogP contribution is -2.29. The number of rotatable bonds is 12. The van der Waals surface area contributed by atoms with E-state index in [1.54, 1.807) is 35.2 Å². The Kier molecular flexibility index (Phi) is 10.0. The summed E-state index contributed by atoms with van der Waals surface area (Å²) in [7, 11) is 1.34. The lowest BCUT2D eigenvalue weighted by Gasteiger charge is -2.14. The number of nitrogens with zero attached hydrogens (tertiary/aromatic N) is 1. The number of ether oxygens (including phenoxy) is 1. The van der Waals surface area contributed by atoms with Crippen LogP contribution in [0.3, 0.4) is 0 Å². The minimum absolute atomic E-state index is 0.0734. The molecule has 0 aromatic heterocycles. The normalized spacial score (nSPS) is 15.1. The summed E-state index contributed by atoms with van der Waals surface area (Å²) in [5.74, 6) is -1.20. The summed E-state index contributed by atoms with van der Waals surface area (Å²) in [6, 6.07) is 6.88. The number of hydrogen-bond donors (Lipinski definition) is 1. The van der Waals surface area contributed by atoms with Crippen LogP contribution < -0.4 is 0 Å². The Labute approximate surface area is 186 Å². The molecule has 30 heavy (non-hydrogen) atoms. The molecule has 0 unspecified atom stereocenters. The SMILES string of the molecule is COC(=O)c1ccc(/C=C2\SC(=S)N(CCCCCCCCCC(=O)O)C2=O)cc1. The van der Waals surface area contributed by atoms with E-state index in [0.29, 0.717) is 21.3 Å². The number of hydrogen-bond acceptors (Lipinski definition) is 6. The minimum atomic E-state index is -0.731. The van der Waals surface area contributed by atoms with Crippen LogP contribution in [0.5, 0.6) is 0 Å². The first-order valence-corrected chi connectivity index (χ1v) is 11.3. The Morgan fingerprint density at radius 1 is 1.07 bits per heavy atom. The van der Waals surface area contributed by atoms with Gasteiger partial charge in [-0.05, 0) is 36.6 Å². The first-order chi connectivity index (χ1) is 14.4. The molecule has 1 aromatic rings. The van der Waals surface area contributed by atoms with E-state index >= 15 is 0 Å². The van der Waals surface area contributed by atoms with Crippen LogP contribution in [0.15, 0.2) is 29.2 Å². The summed E-state index contributed by atoms with van der Waals surface area (Å²) in [6.07, 6.45) is 8.84. The molecule has 0 spiro atoms. The first-order valence-electron chi connectivity index (χ1n) is 10.1. The second-order valence-electron chi connectivity index (χ2n) is 7.07. The average Bonchev–Trinajstić information content (AvgIpc) is 2.99. The zero-order valence-corrected chi connectivity index (χ0v) is 18.7. The van der Waals surface area contributed by atoms with Crippen molar-refractivity contribution in [1.82, 2.24) is 4.90 Å². The Bertz CT molecular complexity index is 804. The summed E-state index contributed by atoms with van der Waals surface area (Å²) in [5.41, 5.74) is 1.29. The van der Waals surface area contributed by atoms with Crippen LogP contribution in [0.1, 0.15) is 67.3 Å². The molecule has 2 rings (SSSR count). The quantitative estimate of drug-likeness (QED) is 0.211. The number of aliphatic carboxylic acids is 1. The molecular formula is C22H27NO5S2. The van der Waals surface area contributed by atoms with Crippen LogP contribution in [-0.4, -0.2) is 45.8 Å². The van der Waals surface area contributed by atoms with Crippen molar-refractivity contribution in [3.05, 3.63) is 40.3 Å². The van der Waals surface area contributed by atoms with Gasteiger partial charge in [0.05, 0.1) is 17.6 Å². The Morgan fingerprint density at radius 2 is 1.67 bits per heavy atom. The highest BCUT2D eigenvalue weighted by molar-refractivity contribution is 8.26. The van der Waals surface area contributed by atoms with Crippen molar-refractivity contribution < 1.29 is 24.2 Å². The Balaban J connectivity index is 1.74. The number of unbranched alkanes of at least 4 members (excludes halogenated alkanes) is 6. The maximum atomic E-state index is 12.7. The van der Waals surface area contributed by atoms with Crippen LogP contribution >= 0.6 is 24.0 Å². The Morgan fingerprint density at radius 3 is 2.27 bits per heavy atom. The Hall–Kier alpha value is -2.19. The number of carbonyl (C=O) groups is 3. The van der Waals surface area contributed by atoms with Crippen molar-refractivity contribution in [2.24, 2.45) is 0 Å². The molecule has 0 aliphatic carbocycles. The number of carbonyl (C=O) groups excluding carboxylic acids is 2. The molecule has 1 aliphatic heterocycles. The third-order valence-corrected chi connectivity index (χ3v) is 6.15. The van der Waals surface area contributed by atoms with Crippen LogP contribution in [0.4, 0.5) is 0 Å². The van der Waals surface area contributed by atoms with Gasteiger partial charge in [0.1, 0.15) is 4.32 Å². The highest BCUT2D eigenvalue weighted by atomic mass is 32.2. The monoisotopic (exact) mass is 449 g/mol. The summed E-state index contributed by atoms with van der Waals surface area (Å²) in [6.45, 7) is 0.613. The number of esters is 1. The van der Waals surface area contributed by atoms with E-state index in [4.69, 9.17) is 17.3 Å². The van der Waals surface area contributed by atoms with Gasteiger partial charge in [-0.3, -0.25) is 14.5 Å². The van der Waals surface area contributed by atoms with Crippen molar-refractivity contribution in [2.75, 3.05) is 13.7 Å². The number of methoxy groups -OCH3 is 1. The molecule has 1 saturated heterocycles. The van der Waals surface area contributed by atoms with Gasteiger partial charge in [-0.1, -0.05) is 68.2 Å². The predicted molar refractivity (Wildman–Crippen MR) is 122 cm³/mol.